The molecule has 1 aliphatic heterocycles. The van der Waals surface area contributed by atoms with E-state index in [1.54, 1.807) is 29.6 Å². The van der Waals surface area contributed by atoms with E-state index in [9.17, 15) is 9.59 Å². The smallest absolute Gasteiger partial charge is 0.330 e. The number of nitrogens with zero attached hydrogens (tertiary/aromatic N) is 4. The summed E-state index contributed by atoms with van der Waals surface area (Å²) in [6, 6.07) is 11.2. The van der Waals surface area contributed by atoms with E-state index >= 15 is 0 Å². The zero-order chi connectivity index (χ0) is 21.8. The van der Waals surface area contributed by atoms with Crippen molar-refractivity contribution in [3.05, 3.63) is 58.6 Å². The number of rotatable bonds is 7. The summed E-state index contributed by atoms with van der Waals surface area (Å²) in [5.74, 6) is 0.797. The predicted molar refractivity (Wildman–Crippen MR) is 117 cm³/mol. The molecule has 8 nitrogen and oxygen atoms in total. The first kappa shape index (κ1) is 21.1. The fourth-order valence-electron chi connectivity index (χ4n) is 4.30. The number of fused-ring (bicyclic) bond motifs is 1. The fourth-order valence-corrected chi connectivity index (χ4v) is 4.30. The number of piperidine rings is 1. The summed E-state index contributed by atoms with van der Waals surface area (Å²) in [5.41, 5.74) is 2.28. The van der Waals surface area contributed by atoms with Gasteiger partial charge in [0, 0.05) is 26.4 Å². The highest BCUT2D eigenvalue weighted by atomic mass is 16.5. The summed E-state index contributed by atoms with van der Waals surface area (Å²) >= 11 is 0. The van der Waals surface area contributed by atoms with Crippen molar-refractivity contribution in [2.75, 3.05) is 33.9 Å². The molecule has 0 bridgehead atoms. The van der Waals surface area contributed by atoms with Crippen LogP contribution < -0.4 is 10.4 Å². The number of pyridine rings is 1. The number of hydrogen-bond donors (Lipinski definition) is 0. The molecule has 2 aromatic heterocycles. The Balaban J connectivity index is 1.57. The van der Waals surface area contributed by atoms with Gasteiger partial charge in [0.25, 0.3) is 0 Å². The third-order valence-electron chi connectivity index (χ3n) is 5.84. The van der Waals surface area contributed by atoms with Crippen molar-refractivity contribution in [3.63, 3.8) is 0 Å². The lowest BCUT2D eigenvalue weighted by Gasteiger charge is -2.33. The Labute approximate surface area is 181 Å². The van der Waals surface area contributed by atoms with Gasteiger partial charge in [0.2, 0.25) is 5.91 Å². The number of methoxy groups -OCH3 is 2. The van der Waals surface area contributed by atoms with Crippen molar-refractivity contribution in [1.82, 2.24) is 19.0 Å². The van der Waals surface area contributed by atoms with Gasteiger partial charge in [-0.05, 0) is 42.7 Å². The number of carbonyl (C=O) groups is 1. The van der Waals surface area contributed by atoms with Gasteiger partial charge in [-0.2, -0.15) is 0 Å². The van der Waals surface area contributed by atoms with Crippen molar-refractivity contribution >= 4 is 17.1 Å². The predicted octanol–water partition coefficient (Wildman–Crippen LogP) is 2.26. The van der Waals surface area contributed by atoms with Gasteiger partial charge in [-0.15, -0.1) is 0 Å². The van der Waals surface area contributed by atoms with Crippen LogP contribution in [0, 0.1) is 0 Å². The number of amides is 1. The van der Waals surface area contributed by atoms with Crippen molar-refractivity contribution in [2.45, 2.75) is 31.8 Å². The van der Waals surface area contributed by atoms with Crippen LogP contribution in [0.4, 0.5) is 0 Å². The Kier molecular flexibility index (Phi) is 6.36. The number of aromatic nitrogens is 3. The summed E-state index contributed by atoms with van der Waals surface area (Å²) in [6.45, 7) is 2.12. The summed E-state index contributed by atoms with van der Waals surface area (Å²) < 4.78 is 13.9. The molecule has 0 radical (unpaired) electrons. The van der Waals surface area contributed by atoms with E-state index in [0.29, 0.717) is 38.3 Å². The van der Waals surface area contributed by atoms with Gasteiger partial charge in [0.05, 0.1) is 38.2 Å². The summed E-state index contributed by atoms with van der Waals surface area (Å²) in [7, 11) is 3.24. The van der Waals surface area contributed by atoms with E-state index < -0.39 is 0 Å². The van der Waals surface area contributed by atoms with Crippen molar-refractivity contribution in [1.29, 1.82) is 0 Å². The Morgan fingerprint density at radius 3 is 2.90 bits per heavy atom. The lowest BCUT2D eigenvalue weighted by Crippen LogP contribution is -2.43. The lowest BCUT2D eigenvalue weighted by atomic mass is 10.0. The molecule has 8 heteroatoms. The summed E-state index contributed by atoms with van der Waals surface area (Å²) in [4.78, 5) is 32.6. The monoisotopic (exact) mass is 424 g/mol. The van der Waals surface area contributed by atoms with Crippen LogP contribution in [0.5, 0.6) is 5.75 Å². The maximum atomic E-state index is 13.2. The highest BCUT2D eigenvalue weighted by Gasteiger charge is 2.28. The molecule has 164 valence electrons. The normalized spacial score (nSPS) is 16.6. The topological polar surface area (TPSA) is 78.6 Å². The molecule has 4 rings (SSSR count). The van der Waals surface area contributed by atoms with Crippen LogP contribution in [0.1, 0.15) is 24.4 Å². The molecule has 1 aliphatic rings. The van der Waals surface area contributed by atoms with E-state index in [4.69, 9.17) is 9.47 Å². The van der Waals surface area contributed by atoms with Gasteiger partial charge in [-0.1, -0.05) is 12.1 Å². The van der Waals surface area contributed by atoms with E-state index in [2.05, 4.69) is 4.98 Å². The molecule has 1 fully saturated rings. The first-order valence-corrected chi connectivity index (χ1v) is 10.6. The molecule has 3 aromatic rings. The Morgan fingerprint density at radius 1 is 1.23 bits per heavy atom. The molecule has 1 aromatic carbocycles. The third kappa shape index (κ3) is 4.34. The molecule has 1 atom stereocenters. The van der Waals surface area contributed by atoms with E-state index in [1.165, 1.54) is 0 Å². The van der Waals surface area contributed by atoms with Gasteiger partial charge in [0.15, 0.2) is 5.65 Å². The molecule has 1 amide bonds. The second-order valence-corrected chi connectivity index (χ2v) is 7.81. The highest BCUT2D eigenvalue weighted by Crippen LogP contribution is 2.25. The summed E-state index contributed by atoms with van der Waals surface area (Å²) in [5, 5.41) is 0. The van der Waals surface area contributed by atoms with E-state index in [1.807, 2.05) is 41.3 Å². The first-order valence-electron chi connectivity index (χ1n) is 10.6. The van der Waals surface area contributed by atoms with Gasteiger partial charge >= 0.3 is 5.69 Å². The molecule has 0 saturated carbocycles. The third-order valence-corrected chi connectivity index (χ3v) is 5.84. The zero-order valence-corrected chi connectivity index (χ0v) is 18.0. The minimum absolute atomic E-state index is 0.0575. The molecule has 0 N–H and O–H groups in total. The van der Waals surface area contributed by atoms with Gasteiger partial charge in [0.1, 0.15) is 5.75 Å². The standard InChI is InChI=1S/C23H28N4O4/c1-30-13-12-26-20-9-4-10-24-22(20)27(23(26)29)18-7-5-11-25(16-18)21(28)15-17-6-3-8-19(14-17)31-2/h3-4,6,8-10,14,18H,5,7,11-13,15-16H2,1-2H3/t18-/m0/s1. The van der Waals surface area contributed by atoms with Gasteiger partial charge in [-0.3, -0.25) is 13.9 Å². The second kappa shape index (κ2) is 9.34. The van der Waals surface area contributed by atoms with Crippen molar-refractivity contribution in [3.8, 4) is 5.75 Å². The SMILES string of the molecule is COCCn1c(=O)n([C@H]2CCCN(C(=O)Cc3cccc(OC)c3)C2)c2ncccc21. The second-order valence-electron chi connectivity index (χ2n) is 7.81. The minimum atomic E-state index is -0.100. The van der Waals surface area contributed by atoms with Crippen LogP contribution in [0.3, 0.4) is 0 Å². The number of likely N-dealkylation sites (tertiary alicyclic amines) is 1. The molecule has 31 heavy (non-hydrogen) atoms. The average molecular weight is 425 g/mol. The molecule has 0 unspecified atom stereocenters. The molecule has 0 spiro atoms. The van der Waals surface area contributed by atoms with Gasteiger partial charge in [-0.25, -0.2) is 9.78 Å². The molecule has 1 saturated heterocycles. The van der Waals surface area contributed by atoms with Crippen LogP contribution >= 0.6 is 0 Å². The van der Waals surface area contributed by atoms with Gasteiger partial charge < -0.3 is 14.4 Å². The maximum absolute atomic E-state index is 13.2. The molecular weight excluding hydrogens is 396 g/mol. The number of imidazole rings is 1. The molecular formula is C23H28N4O4. The zero-order valence-electron chi connectivity index (χ0n) is 18.0. The van der Waals surface area contributed by atoms with E-state index in [-0.39, 0.29) is 17.6 Å². The fraction of sp³-hybridized carbons (Fsp3) is 0.435. The minimum Gasteiger partial charge on any atom is -0.497 e. The summed E-state index contributed by atoms with van der Waals surface area (Å²) in [6.07, 6.45) is 3.70. The Hall–Kier alpha value is -3.13. The van der Waals surface area contributed by atoms with Crippen LogP contribution in [0.15, 0.2) is 47.4 Å². The Morgan fingerprint density at radius 2 is 2.10 bits per heavy atom. The number of benzene rings is 1. The average Bonchev–Trinajstić information content (AvgIpc) is 3.09. The number of hydrogen-bond acceptors (Lipinski definition) is 5. The molecule has 0 aliphatic carbocycles. The Bertz CT molecular complexity index is 1120. The van der Waals surface area contributed by atoms with Crippen LogP contribution in [-0.2, 0) is 22.5 Å². The highest BCUT2D eigenvalue weighted by molar-refractivity contribution is 5.79. The largest absolute Gasteiger partial charge is 0.497 e. The first-order chi connectivity index (χ1) is 15.1. The lowest BCUT2D eigenvalue weighted by molar-refractivity contribution is -0.132. The number of carbonyl (C=O) groups excluding carboxylic acids is 1. The molecule has 3 heterocycles. The van der Waals surface area contributed by atoms with Crippen LogP contribution in [0.2, 0.25) is 0 Å². The maximum Gasteiger partial charge on any atom is 0.330 e. The van der Waals surface area contributed by atoms with Crippen molar-refractivity contribution in [2.24, 2.45) is 0 Å². The quantitative estimate of drug-likeness (QED) is 0.581. The number of ether oxygens (including phenoxy) is 2. The van der Waals surface area contributed by atoms with Crippen LogP contribution in [0.25, 0.3) is 11.2 Å². The van der Waals surface area contributed by atoms with Crippen molar-refractivity contribution < 1.29 is 14.3 Å². The van der Waals surface area contributed by atoms with E-state index in [0.717, 1.165) is 29.7 Å². The van der Waals surface area contributed by atoms with Crippen LogP contribution in [-0.4, -0.2) is 58.8 Å².